The third kappa shape index (κ3) is 4.20. The first-order valence-electron chi connectivity index (χ1n) is 7.67. The average Bonchev–Trinajstić information content (AvgIpc) is 2.45. The quantitative estimate of drug-likeness (QED) is 0.859. The zero-order valence-electron chi connectivity index (χ0n) is 14.6. The van der Waals surface area contributed by atoms with Crippen molar-refractivity contribution in [1.82, 2.24) is 0 Å². The summed E-state index contributed by atoms with van der Waals surface area (Å²) in [6, 6.07) is 10.3. The Bertz CT molecular complexity index is 806. The molecular weight excluding hydrogens is 326 g/mol. The molecule has 5 nitrogen and oxygen atoms in total. The van der Waals surface area contributed by atoms with E-state index in [1.54, 1.807) is 57.4 Å². The van der Waals surface area contributed by atoms with Crippen LogP contribution in [0, 0.1) is 13.8 Å². The van der Waals surface area contributed by atoms with E-state index in [9.17, 15) is 8.42 Å². The third-order valence-corrected chi connectivity index (χ3v) is 5.08. The van der Waals surface area contributed by atoms with Crippen molar-refractivity contribution in [3.63, 3.8) is 0 Å². The second kappa shape index (κ2) is 7.13. The van der Waals surface area contributed by atoms with Gasteiger partial charge in [0.25, 0.3) is 10.0 Å². The third-order valence-electron chi connectivity index (χ3n) is 3.40. The number of sulfonamides is 1. The maximum atomic E-state index is 12.8. The Labute approximate surface area is 143 Å². The Kier molecular flexibility index (Phi) is 5.39. The number of hydrogen-bond donors (Lipinski definition) is 1. The molecule has 2 aromatic rings. The van der Waals surface area contributed by atoms with Gasteiger partial charge in [-0.1, -0.05) is 6.07 Å². The Morgan fingerprint density at radius 1 is 1.00 bits per heavy atom. The predicted octanol–water partition coefficient (Wildman–Crippen LogP) is 3.90. The molecule has 130 valence electrons. The minimum Gasteiger partial charge on any atom is -0.497 e. The van der Waals surface area contributed by atoms with Gasteiger partial charge < -0.3 is 9.47 Å². The summed E-state index contributed by atoms with van der Waals surface area (Å²) in [7, 11) is -2.15. The summed E-state index contributed by atoms with van der Waals surface area (Å²) < 4.78 is 39.0. The Balaban J connectivity index is 2.36. The number of ether oxygens (including phenoxy) is 2. The van der Waals surface area contributed by atoms with Gasteiger partial charge in [-0.2, -0.15) is 0 Å². The van der Waals surface area contributed by atoms with Crippen LogP contribution in [0.5, 0.6) is 11.5 Å². The molecule has 0 aliphatic carbocycles. The highest BCUT2D eigenvalue weighted by Crippen LogP contribution is 2.28. The van der Waals surface area contributed by atoms with Crippen LogP contribution in [-0.2, 0) is 10.0 Å². The molecule has 0 fully saturated rings. The smallest absolute Gasteiger partial charge is 0.262 e. The van der Waals surface area contributed by atoms with E-state index in [1.807, 2.05) is 13.8 Å². The Hall–Kier alpha value is -2.21. The maximum Gasteiger partial charge on any atom is 0.262 e. The van der Waals surface area contributed by atoms with Crippen LogP contribution in [0.4, 0.5) is 5.69 Å². The molecule has 0 radical (unpaired) electrons. The van der Waals surface area contributed by atoms with E-state index >= 15 is 0 Å². The summed E-state index contributed by atoms with van der Waals surface area (Å²) in [6.45, 7) is 7.34. The fourth-order valence-corrected chi connectivity index (χ4v) is 4.07. The second-order valence-electron chi connectivity index (χ2n) is 5.89. The predicted molar refractivity (Wildman–Crippen MR) is 95.5 cm³/mol. The fourth-order valence-electron chi connectivity index (χ4n) is 2.56. The highest BCUT2D eigenvalue weighted by atomic mass is 32.2. The van der Waals surface area contributed by atoms with Crippen molar-refractivity contribution >= 4 is 15.7 Å². The van der Waals surface area contributed by atoms with Gasteiger partial charge in [-0.25, -0.2) is 8.42 Å². The minimum absolute atomic E-state index is 0.0166. The number of hydrogen-bond acceptors (Lipinski definition) is 4. The molecule has 0 bridgehead atoms. The highest BCUT2D eigenvalue weighted by molar-refractivity contribution is 7.92. The summed E-state index contributed by atoms with van der Waals surface area (Å²) in [6.07, 6.45) is 0.0166. The summed E-state index contributed by atoms with van der Waals surface area (Å²) in [5, 5.41) is 0. The SMILES string of the molecule is COc1cc(C)c(S(=O)(=O)Nc2cccc(OC(C)C)c2)c(C)c1. The van der Waals surface area contributed by atoms with Crippen LogP contribution < -0.4 is 14.2 Å². The first-order chi connectivity index (χ1) is 11.2. The Morgan fingerprint density at radius 3 is 2.17 bits per heavy atom. The number of rotatable bonds is 6. The normalized spacial score (nSPS) is 11.4. The molecule has 0 unspecified atom stereocenters. The van der Waals surface area contributed by atoms with E-state index in [4.69, 9.17) is 9.47 Å². The number of benzene rings is 2. The van der Waals surface area contributed by atoms with E-state index in [0.717, 1.165) is 0 Å². The molecule has 1 N–H and O–H groups in total. The highest BCUT2D eigenvalue weighted by Gasteiger charge is 2.21. The molecule has 0 aromatic heterocycles. The summed E-state index contributed by atoms with van der Waals surface area (Å²) in [4.78, 5) is 0.262. The van der Waals surface area contributed by atoms with Crippen LogP contribution in [0.3, 0.4) is 0 Å². The zero-order chi connectivity index (χ0) is 17.9. The lowest BCUT2D eigenvalue weighted by Crippen LogP contribution is -2.16. The first-order valence-corrected chi connectivity index (χ1v) is 9.16. The van der Waals surface area contributed by atoms with Gasteiger partial charge in [-0.3, -0.25) is 4.72 Å². The molecule has 0 saturated heterocycles. The second-order valence-corrected chi connectivity index (χ2v) is 7.51. The summed E-state index contributed by atoms with van der Waals surface area (Å²) in [5.41, 5.74) is 1.73. The van der Waals surface area contributed by atoms with Gasteiger partial charge in [0.05, 0.1) is 23.8 Å². The molecule has 24 heavy (non-hydrogen) atoms. The van der Waals surface area contributed by atoms with E-state index in [0.29, 0.717) is 28.3 Å². The van der Waals surface area contributed by atoms with Crippen molar-refractivity contribution in [2.24, 2.45) is 0 Å². The molecule has 0 spiro atoms. The lowest BCUT2D eigenvalue weighted by atomic mass is 10.1. The van der Waals surface area contributed by atoms with Gasteiger partial charge in [0.15, 0.2) is 0 Å². The first kappa shape index (κ1) is 18.1. The standard InChI is InChI=1S/C18H23NO4S/c1-12(2)23-16-8-6-7-15(11-16)19-24(20,21)18-13(3)9-17(22-5)10-14(18)4/h6-12,19H,1-5H3. The van der Waals surface area contributed by atoms with Crippen molar-refractivity contribution in [1.29, 1.82) is 0 Å². The van der Waals surface area contributed by atoms with Crippen LogP contribution in [0.15, 0.2) is 41.3 Å². The zero-order valence-corrected chi connectivity index (χ0v) is 15.4. The molecule has 2 aromatic carbocycles. The average molecular weight is 349 g/mol. The van der Waals surface area contributed by atoms with Crippen LogP contribution >= 0.6 is 0 Å². The molecule has 6 heteroatoms. The van der Waals surface area contributed by atoms with Crippen molar-refractivity contribution in [2.75, 3.05) is 11.8 Å². The van der Waals surface area contributed by atoms with Gasteiger partial charge in [0.2, 0.25) is 0 Å². The largest absolute Gasteiger partial charge is 0.497 e. The van der Waals surface area contributed by atoms with Gasteiger partial charge in [0, 0.05) is 6.07 Å². The van der Waals surface area contributed by atoms with Gasteiger partial charge >= 0.3 is 0 Å². The number of methoxy groups -OCH3 is 1. The van der Waals surface area contributed by atoms with Crippen molar-refractivity contribution in [2.45, 2.75) is 38.7 Å². The molecule has 0 aliphatic heterocycles. The lowest BCUT2D eigenvalue weighted by molar-refractivity contribution is 0.242. The molecule has 0 aliphatic rings. The number of anilines is 1. The van der Waals surface area contributed by atoms with E-state index < -0.39 is 10.0 Å². The van der Waals surface area contributed by atoms with Crippen molar-refractivity contribution in [3.05, 3.63) is 47.5 Å². The molecule has 0 amide bonds. The van der Waals surface area contributed by atoms with Crippen molar-refractivity contribution < 1.29 is 17.9 Å². The summed E-state index contributed by atoms with van der Waals surface area (Å²) in [5.74, 6) is 1.25. The van der Waals surface area contributed by atoms with Crippen molar-refractivity contribution in [3.8, 4) is 11.5 Å². The molecule has 2 rings (SSSR count). The van der Waals surface area contributed by atoms with E-state index in [-0.39, 0.29) is 11.0 Å². The van der Waals surface area contributed by atoms with E-state index in [2.05, 4.69) is 4.72 Å². The molecule has 0 heterocycles. The molecule has 0 saturated carbocycles. The molecule has 0 atom stereocenters. The number of nitrogens with one attached hydrogen (secondary N) is 1. The Morgan fingerprint density at radius 2 is 1.62 bits per heavy atom. The minimum atomic E-state index is -3.71. The number of aryl methyl sites for hydroxylation is 2. The van der Waals surface area contributed by atoms with Crippen LogP contribution in [0.25, 0.3) is 0 Å². The topological polar surface area (TPSA) is 64.6 Å². The summed E-state index contributed by atoms with van der Waals surface area (Å²) >= 11 is 0. The fraction of sp³-hybridized carbons (Fsp3) is 0.333. The maximum absolute atomic E-state index is 12.8. The lowest BCUT2D eigenvalue weighted by Gasteiger charge is -2.15. The van der Waals surface area contributed by atoms with Gasteiger partial charge in [-0.15, -0.1) is 0 Å². The van der Waals surface area contributed by atoms with E-state index in [1.165, 1.54) is 0 Å². The van der Waals surface area contributed by atoms with Gasteiger partial charge in [-0.05, 0) is 63.1 Å². The van der Waals surface area contributed by atoms with Gasteiger partial charge in [0.1, 0.15) is 11.5 Å². The molecular formula is C18H23NO4S. The monoisotopic (exact) mass is 349 g/mol. The van der Waals surface area contributed by atoms with Crippen LogP contribution in [-0.4, -0.2) is 21.6 Å². The van der Waals surface area contributed by atoms with Crippen LogP contribution in [0.1, 0.15) is 25.0 Å². The van der Waals surface area contributed by atoms with Crippen LogP contribution in [0.2, 0.25) is 0 Å².